The molecule has 3 rings (SSSR count). The first-order valence-corrected chi connectivity index (χ1v) is 12.4. The van der Waals surface area contributed by atoms with E-state index in [0.29, 0.717) is 37.4 Å². The van der Waals surface area contributed by atoms with Gasteiger partial charge in [0.2, 0.25) is 5.91 Å². The topological polar surface area (TPSA) is 120 Å². The SMILES string of the molecule is CSCCC(NC(=O)c1cccc([N+](=O)[O-])c1)C(=O)N1CCCN(c2ccc(C#N)cc2)CC1. The van der Waals surface area contributed by atoms with Crippen LogP contribution in [0.25, 0.3) is 0 Å². The third-order valence-corrected chi connectivity index (χ3v) is 6.35. The number of hydrogen-bond acceptors (Lipinski definition) is 7. The number of carbonyl (C=O) groups excluding carboxylic acids is 2. The molecule has 9 nitrogen and oxygen atoms in total. The summed E-state index contributed by atoms with van der Waals surface area (Å²) in [4.78, 5) is 40.6. The smallest absolute Gasteiger partial charge is 0.270 e. The fraction of sp³-hybridized carbons (Fsp3) is 0.375. The van der Waals surface area contributed by atoms with Crippen LogP contribution in [0.15, 0.2) is 48.5 Å². The Morgan fingerprint density at radius 1 is 1.18 bits per heavy atom. The van der Waals surface area contributed by atoms with Crippen LogP contribution < -0.4 is 10.2 Å². The van der Waals surface area contributed by atoms with Crippen molar-refractivity contribution in [1.29, 1.82) is 5.26 Å². The average molecular weight is 482 g/mol. The lowest BCUT2D eigenvalue weighted by atomic mass is 10.1. The molecular formula is C24H27N5O4S. The highest BCUT2D eigenvalue weighted by atomic mass is 32.2. The summed E-state index contributed by atoms with van der Waals surface area (Å²) in [6.07, 6.45) is 3.18. The van der Waals surface area contributed by atoms with E-state index in [0.717, 1.165) is 18.7 Å². The van der Waals surface area contributed by atoms with Crippen molar-refractivity contribution in [3.63, 3.8) is 0 Å². The molecule has 1 N–H and O–H groups in total. The number of nitriles is 1. The minimum atomic E-state index is -0.708. The molecule has 0 bridgehead atoms. The summed E-state index contributed by atoms with van der Waals surface area (Å²) < 4.78 is 0. The van der Waals surface area contributed by atoms with Crippen molar-refractivity contribution >= 4 is 35.0 Å². The summed E-state index contributed by atoms with van der Waals surface area (Å²) in [7, 11) is 0. The van der Waals surface area contributed by atoms with Gasteiger partial charge in [0.1, 0.15) is 6.04 Å². The first-order chi connectivity index (χ1) is 16.4. The molecule has 2 amide bonds. The molecule has 178 valence electrons. The van der Waals surface area contributed by atoms with Crippen LogP contribution in [0.4, 0.5) is 11.4 Å². The van der Waals surface area contributed by atoms with Gasteiger partial charge >= 0.3 is 0 Å². The maximum absolute atomic E-state index is 13.4. The zero-order valence-corrected chi connectivity index (χ0v) is 19.8. The monoisotopic (exact) mass is 481 g/mol. The van der Waals surface area contributed by atoms with E-state index in [1.54, 1.807) is 28.8 Å². The van der Waals surface area contributed by atoms with Gasteiger partial charge in [-0.1, -0.05) is 6.07 Å². The van der Waals surface area contributed by atoms with Crippen LogP contribution in [-0.2, 0) is 4.79 Å². The van der Waals surface area contributed by atoms with E-state index in [9.17, 15) is 19.7 Å². The van der Waals surface area contributed by atoms with Crippen LogP contribution in [0.3, 0.4) is 0 Å². The molecule has 2 aromatic rings. The lowest BCUT2D eigenvalue weighted by Crippen LogP contribution is -2.49. The van der Waals surface area contributed by atoms with Gasteiger partial charge in [-0.25, -0.2) is 0 Å². The first-order valence-electron chi connectivity index (χ1n) is 11.0. The summed E-state index contributed by atoms with van der Waals surface area (Å²) in [5.74, 6) is 0.0447. The maximum Gasteiger partial charge on any atom is 0.270 e. The quantitative estimate of drug-likeness (QED) is 0.454. The summed E-state index contributed by atoms with van der Waals surface area (Å²) in [5.41, 5.74) is 1.59. The first kappa shape index (κ1) is 25.1. The lowest BCUT2D eigenvalue weighted by Gasteiger charge is -2.27. The fourth-order valence-electron chi connectivity index (χ4n) is 3.86. The van der Waals surface area contributed by atoms with Crippen molar-refractivity contribution in [2.24, 2.45) is 0 Å². The number of thioether (sulfide) groups is 1. The highest BCUT2D eigenvalue weighted by Gasteiger charge is 2.28. The van der Waals surface area contributed by atoms with Crippen molar-refractivity contribution in [3.8, 4) is 6.07 Å². The summed E-state index contributed by atoms with van der Waals surface area (Å²) >= 11 is 1.59. The van der Waals surface area contributed by atoms with Gasteiger partial charge in [-0.3, -0.25) is 19.7 Å². The van der Waals surface area contributed by atoms with E-state index in [1.165, 1.54) is 24.3 Å². The minimum Gasteiger partial charge on any atom is -0.370 e. The number of rotatable bonds is 8. The highest BCUT2D eigenvalue weighted by molar-refractivity contribution is 7.98. The van der Waals surface area contributed by atoms with Gasteiger partial charge in [0.25, 0.3) is 11.6 Å². The van der Waals surface area contributed by atoms with E-state index >= 15 is 0 Å². The van der Waals surface area contributed by atoms with E-state index in [1.807, 2.05) is 18.4 Å². The standard InChI is InChI=1S/C24H27N5O4S/c1-34-15-10-22(26-23(30)19-4-2-5-21(16-19)29(32)33)24(31)28-12-3-11-27(13-14-28)20-8-6-18(17-25)7-9-20/h2,4-9,16,22H,3,10-15H2,1H3,(H,26,30). The molecule has 1 unspecified atom stereocenters. The molecule has 10 heteroatoms. The molecule has 1 atom stereocenters. The molecule has 1 saturated heterocycles. The Labute approximate surface area is 202 Å². The summed E-state index contributed by atoms with van der Waals surface area (Å²) in [5, 5.41) is 22.8. The zero-order valence-electron chi connectivity index (χ0n) is 19.0. The summed E-state index contributed by atoms with van der Waals surface area (Å²) in [6.45, 7) is 2.52. The van der Waals surface area contributed by atoms with Crippen molar-refractivity contribution < 1.29 is 14.5 Å². The number of nitro groups is 1. The average Bonchev–Trinajstić information content (AvgIpc) is 3.12. The van der Waals surface area contributed by atoms with Gasteiger partial charge < -0.3 is 15.1 Å². The van der Waals surface area contributed by atoms with Gasteiger partial charge in [-0.2, -0.15) is 17.0 Å². The molecule has 1 aliphatic rings. The van der Waals surface area contributed by atoms with Crippen molar-refractivity contribution in [2.45, 2.75) is 18.9 Å². The predicted molar refractivity (Wildman–Crippen MR) is 132 cm³/mol. The molecule has 0 spiro atoms. The third kappa shape index (κ3) is 6.48. The number of carbonyl (C=O) groups is 2. The Morgan fingerprint density at radius 2 is 1.94 bits per heavy atom. The summed E-state index contributed by atoms with van der Waals surface area (Å²) in [6, 6.07) is 14.3. The largest absolute Gasteiger partial charge is 0.370 e. The molecule has 0 aromatic heterocycles. The van der Waals surface area contributed by atoms with Crippen molar-refractivity contribution in [3.05, 3.63) is 69.8 Å². The normalized spacial score (nSPS) is 14.6. The van der Waals surface area contributed by atoms with Crippen LogP contribution >= 0.6 is 11.8 Å². The van der Waals surface area contributed by atoms with Crippen LogP contribution in [0.1, 0.15) is 28.8 Å². The second-order valence-electron chi connectivity index (χ2n) is 7.94. The van der Waals surface area contributed by atoms with Gasteiger partial charge in [0.05, 0.1) is 16.6 Å². The lowest BCUT2D eigenvalue weighted by molar-refractivity contribution is -0.384. The Kier molecular flexibility index (Phi) is 8.87. The number of anilines is 1. The van der Waals surface area contributed by atoms with E-state index in [4.69, 9.17) is 5.26 Å². The van der Waals surface area contributed by atoms with Crippen LogP contribution in [0.2, 0.25) is 0 Å². The van der Waals surface area contributed by atoms with Crippen molar-refractivity contribution in [1.82, 2.24) is 10.2 Å². The van der Waals surface area contributed by atoms with E-state index in [-0.39, 0.29) is 17.2 Å². The molecule has 0 saturated carbocycles. The highest BCUT2D eigenvalue weighted by Crippen LogP contribution is 2.19. The maximum atomic E-state index is 13.4. The molecule has 0 radical (unpaired) electrons. The van der Waals surface area contributed by atoms with Crippen molar-refractivity contribution in [2.75, 3.05) is 43.1 Å². The third-order valence-electron chi connectivity index (χ3n) is 5.70. The number of amides is 2. The molecule has 0 aliphatic carbocycles. The zero-order chi connectivity index (χ0) is 24.5. The molecule has 1 heterocycles. The number of nitrogens with zero attached hydrogens (tertiary/aromatic N) is 4. The Bertz CT molecular complexity index is 1070. The number of non-ortho nitro benzene ring substituents is 1. The van der Waals surface area contributed by atoms with Gasteiger partial charge in [0, 0.05) is 49.6 Å². The Hall–Kier alpha value is -3.58. The molecule has 2 aromatic carbocycles. The molecular weight excluding hydrogens is 454 g/mol. The second-order valence-corrected chi connectivity index (χ2v) is 8.93. The van der Waals surface area contributed by atoms with Gasteiger partial charge in [-0.05, 0) is 55.2 Å². The minimum absolute atomic E-state index is 0.144. The second kappa shape index (κ2) is 12.0. The number of nitrogens with one attached hydrogen (secondary N) is 1. The van der Waals surface area contributed by atoms with Crippen LogP contribution in [0.5, 0.6) is 0 Å². The molecule has 1 fully saturated rings. The molecule has 34 heavy (non-hydrogen) atoms. The van der Waals surface area contributed by atoms with Gasteiger partial charge in [0.15, 0.2) is 0 Å². The van der Waals surface area contributed by atoms with E-state index in [2.05, 4.69) is 16.3 Å². The predicted octanol–water partition coefficient (Wildman–Crippen LogP) is 3.06. The van der Waals surface area contributed by atoms with Gasteiger partial charge in [-0.15, -0.1) is 0 Å². The number of benzene rings is 2. The number of nitro benzene ring substituents is 1. The number of hydrogen-bond donors (Lipinski definition) is 1. The molecule has 1 aliphatic heterocycles. The Balaban J connectivity index is 1.68. The van der Waals surface area contributed by atoms with E-state index < -0.39 is 16.9 Å². The van der Waals surface area contributed by atoms with Crippen LogP contribution in [0, 0.1) is 21.4 Å². The Morgan fingerprint density at radius 3 is 2.62 bits per heavy atom. The fourth-order valence-corrected chi connectivity index (χ4v) is 4.33. The van der Waals surface area contributed by atoms with Crippen LogP contribution in [-0.4, -0.2) is 65.9 Å².